The summed E-state index contributed by atoms with van der Waals surface area (Å²) in [5, 5.41) is 5.94. The number of rotatable bonds is 6. The number of ether oxygens (including phenoxy) is 1. The second kappa shape index (κ2) is 10.5. The van der Waals surface area contributed by atoms with Gasteiger partial charge >= 0.3 is 0 Å². The standard InChI is InChI=1S/C31H37N5O2/c1-20-10-11-26(18-21(20)2)36-31-30(24(5)33-36)22(3)28(23(4)32-31)12-13-29(37)35-16-14-34(15-17-35)25-8-7-9-27(19-25)38-6/h7-11,18-19H,12-17H2,1-6H3. The molecule has 2 aromatic carbocycles. The predicted molar refractivity (Wildman–Crippen MR) is 153 cm³/mol. The molecule has 0 radical (unpaired) electrons. The number of hydrogen-bond acceptors (Lipinski definition) is 5. The van der Waals surface area contributed by atoms with Crippen LogP contribution in [0.25, 0.3) is 16.7 Å². The van der Waals surface area contributed by atoms with Gasteiger partial charge in [0.05, 0.1) is 18.5 Å². The summed E-state index contributed by atoms with van der Waals surface area (Å²) < 4.78 is 7.32. The molecule has 38 heavy (non-hydrogen) atoms. The van der Waals surface area contributed by atoms with Crippen LogP contribution in [0.4, 0.5) is 5.69 Å². The number of methoxy groups -OCH3 is 1. The predicted octanol–water partition coefficient (Wildman–Crippen LogP) is 5.25. The average molecular weight is 512 g/mol. The molecule has 7 nitrogen and oxygen atoms in total. The Morgan fingerprint density at radius 2 is 1.66 bits per heavy atom. The van der Waals surface area contributed by atoms with E-state index >= 15 is 0 Å². The van der Waals surface area contributed by atoms with Crippen LogP contribution in [0.5, 0.6) is 5.75 Å². The van der Waals surface area contributed by atoms with Crippen molar-refractivity contribution in [2.75, 3.05) is 38.2 Å². The number of aromatic nitrogens is 3. The van der Waals surface area contributed by atoms with Crippen LogP contribution in [0.15, 0.2) is 42.5 Å². The van der Waals surface area contributed by atoms with Gasteiger partial charge in [0.15, 0.2) is 5.65 Å². The molecule has 0 unspecified atom stereocenters. The Balaban J connectivity index is 1.29. The molecular weight excluding hydrogens is 474 g/mol. The Labute approximate surface area is 225 Å². The molecule has 7 heteroatoms. The molecule has 0 saturated carbocycles. The highest BCUT2D eigenvalue weighted by Crippen LogP contribution is 2.29. The first-order chi connectivity index (χ1) is 18.3. The minimum absolute atomic E-state index is 0.205. The molecule has 5 rings (SSSR count). The number of carbonyl (C=O) groups excluding carboxylic acids is 1. The van der Waals surface area contributed by atoms with Crippen molar-refractivity contribution in [3.05, 3.63) is 76.1 Å². The smallest absolute Gasteiger partial charge is 0.223 e. The maximum absolute atomic E-state index is 13.2. The van der Waals surface area contributed by atoms with E-state index in [9.17, 15) is 4.79 Å². The number of aryl methyl sites for hydroxylation is 5. The SMILES string of the molecule is COc1cccc(N2CCN(C(=O)CCc3c(C)nc4c(c(C)nn4-c4ccc(C)c(C)c4)c3C)CC2)c1. The maximum Gasteiger partial charge on any atom is 0.223 e. The monoisotopic (exact) mass is 511 g/mol. The number of anilines is 1. The van der Waals surface area contributed by atoms with Crippen molar-refractivity contribution in [1.82, 2.24) is 19.7 Å². The van der Waals surface area contributed by atoms with E-state index in [-0.39, 0.29) is 5.91 Å². The average Bonchev–Trinajstić information content (AvgIpc) is 3.25. The molecule has 198 valence electrons. The number of amides is 1. The van der Waals surface area contributed by atoms with Gasteiger partial charge in [-0.3, -0.25) is 4.79 Å². The van der Waals surface area contributed by atoms with Crippen LogP contribution in [0.2, 0.25) is 0 Å². The van der Waals surface area contributed by atoms with Crippen molar-refractivity contribution in [3.8, 4) is 11.4 Å². The van der Waals surface area contributed by atoms with Gasteiger partial charge in [-0.2, -0.15) is 5.10 Å². The molecule has 1 aliphatic heterocycles. The number of hydrogen-bond donors (Lipinski definition) is 0. The van der Waals surface area contributed by atoms with Crippen molar-refractivity contribution >= 4 is 22.6 Å². The summed E-state index contributed by atoms with van der Waals surface area (Å²) in [4.78, 5) is 22.5. The molecule has 1 aliphatic rings. The summed E-state index contributed by atoms with van der Waals surface area (Å²) in [6.45, 7) is 13.6. The zero-order chi connectivity index (χ0) is 27.0. The second-order valence-electron chi connectivity index (χ2n) is 10.3. The fraction of sp³-hybridized carbons (Fsp3) is 0.387. The van der Waals surface area contributed by atoms with E-state index in [0.29, 0.717) is 12.8 Å². The van der Waals surface area contributed by atoms with Crippen molar-refractivity contribution in [1.29, 1.82) is 0 Å². The lowest BCUT2D eigenvalue weighted by atomic mass is 9.99. The van der Waals surface area contributed by atoms with E-state index in [1.54, 1.807) is 7.11 Å². The second-order valence-corrected chi connectivity index (χ2v) is 10.3. The van der Waals surface area contributed by atoms with E-state index in [2.05, 4.69) is 56.0 Å². The van der Waals surface area contributed by atoms with Gasteiger partial charge in [0.1, 0.15) is 5.75 Å². The molecule has 0 bridgehead atoms. The molecule has 1 amide bonds. The van der Waals surface area contributed by atoms with Crippen LogP contribution in [-0.2, 0) is 11.2 Å². The van der Waals surface area contributed by atoms with Crippen molar-refractivity contribution in [2.45, 2.75) is 47.5 Å². The third kappa shape index (κ3) is 4.85. The van der Waals surface area contributed by atoms with Gasteiger partial charge in [-0.05, 0) is 87.6 Å². The Morgan fingerprint density at radius 1 is 0.895 bits per heavy atom. The molecular formula is C31H37N5O2. The molecule has 2 aromatic heterocycles. The largest absolute Gasteiger partial charge is 0.497 e. The molecule has 0 atom stereocenters. The first-order valence-electron chi connectivity index (χ1n) is 13.4. The summed E-state index contributed by atoms with van der Waals surface area (Å²) in [5.41, 5.74) is 9.80. The van der Waals surface area contributed by atoms with Crippen LogP contribution in [0, 0.1) is 34.6 Å². The summed E-state index contributed by atoms with van der Waals surface area (Å²) in [6.07, 6.45) is 1.17. The summed E-state index contributed by atoms with van der Waals surface area (Å²) >= 11 is 0. The van der Waals surface area contributed by atoms with Crippen molar-refractivity contribution in [3.63, 3.8) is 0 Å². The minimum atomic E-state index is 0.205. The van der Waals surface area contributed by atoms with Gasteiger partial charge in [-0.15, -0.1) is 0 Å². The number of nitrogens with zero attached hydrogens (tertiary/aromatic N) is 5. The van der Waals surface area contributed by atoms with Crippen molar-refractivity contribution in [2.24, 2.45) is 0 Å². The van der Waals surface area contributed by atoms with E-state index in [4.69, 9.17) is 14.8 Å². The maximum atomic E-state index is 13.2. The van der Waals surface area contributed by atoms with E-state index in [0.717, 1.165) is 71.3 Å². The van der Waals surface area contributed by atoms with E-state index < -0.39 is 0 Å². The van der Waals surface area contributed by atoms with Crippen molar-refractivity contribution < 1.29 is 9.53 Å². The summed E-state index contributed by atoms with van der Waals surface area (Å²) in [5.74, 6) is 1.06. The molecule has 0 N–H and O–H groups in total. The Kier molecular flexibility index (Phi) is 7.11. The quantitative estimate of drug-likeness (QED) is 0.354. The molecule has 4 aromatic rings. The number of piperazine rings is 1. The fourth-order valence-electron chi connectivity index (χ4n) is 5.52. The van der Waals surface area contributed by atoms with Crippen LogP contribution < -0.4 is 9.64 Å². The topological polar surface area (TPSA) is 63.5 Å². The Bertz CT molecular complexity index is 1500. The number of pyridine rings is 1. The van der Waals surface area contributed by atoms with Gasteiger partial charge in [0, 0.05) is 55.4 Å². The number of fused-ring (bicyclic) bond motifs is 1. The molecule has 1 saturated heterocycles. The van der Waals surface area contributed by atoms with Crippen LogP contribution in [-0.4, -0.2) is 58.9 Å². The summed E-state index contributed by atoms with van der Waals surface area (Å²) in [7, 11) is 1.69. The van der Waals surface area contributed by atoms with Gasteiger partial charge < -0.3 is 14.5 Å². The Hall–Kier alpha value is -3.87. The fourth-order valence-corrected chi connectivity index (χ4v) is 5.52. The molecule has 3 heterocycles. The summed E-state index contributed by atoms with van der Waals surface area (Å²) in [6, 6.07) is 14.5. The van der Waals surface area contributed by atoms with Crippen LogP contribution in [0.3, 0.4) is 0 Å². The van der Waals surface area contributed by atoms with Crippen LogP contribution >= 0.6 is 0 Å². The lowest BCUT2D eigenvalue weighted by Crippen LogP contribution is -2.48. The zero-order valence-electron chi connectivity index (χ0n) is 23.3. The Morgan fingerprint density at radius 3 is 2.37 bits per heavy atom. The lowest BCUT2D eigenvalue weighted by molar-refractivity contribution is -0.131. The highest BCUT2D eigenvalue weighted by Gasteiger charge is 2.23. The highest BCUT2D eigenvalue weighted by molar-refractivity contribution is 5.85. The minimum Gasteiger partial charge on any atom is -0.497 e. The lowest BCUT2D eigenvalue weighted by Gasteiger charge is -2.36. The molecule has 0 aliphatic carbocycles. The van der Waals surface area contributed by atoms with Gasteiger partial charge in [0.2, 0.25) is 5.91 Å². The van der Waals surface area contributed by atoms with E-state index in [1.807, 2.05) is 35.6 Å². The van der Waals surface area contributed by atoms with E-state index in [1.165, 1.54) is 16.7 Å². The highest BCUT2D eigenvalue weighted by atomic mass is 16.5. The van der Waals surface area contributed by atoms with Gasteiger partial charge in [-0.25, -0.2) is 9.67 Å². The van der Waals surface area contributed by atoms with Crippen LogP contribution in [0.1, 0.15) is 40.1 Å². The number of carbonyl (C=O) groups is 1. The van der Waals surface area contributed by atoms with Gasteiger partial charge in [-0.1, -0.05) is 12.1 Å². The first-order valence-corrected chi connectivity index (χ1v) is 13.4. The number of benzene rings is 2. The third-order valence-corrected chi connectivity index (χ3v) is 7.95. The van der Waals surface area contributed by atoms with Gasteiger partial charge in [0.25, 0.3) is 0 Å². The normalized spacial score (nSPS) is 13.8. The zero-order valence-corrected chi connectivity index (χ0v) is 23.3. The third-order valence-electron chi connectivity index (χ3n) is 7.95. The molecule has 0 spiro atoms. The first kappa shape index (κ1) is 25.8. The molecule has 1 fully saturated rings.